The maximum absolute atomic E-state index is 12.8. The van der Waals surface area contributed by atoms with Crippen molar-refractivity contribution >= 4 is 6.03 Å². The molecule has 7 nitrogen and oxygen atoms in total. The van der Waals surface area contributed by atoms with Gasteiger partial charge in [-0.1, -0.05) is 36.4 Å². The van der Waals surface area contributed by atoms with Gasteiger partial charge in [-0.25, -0.2) is 4.79 Å². The molecular formula is C25H34F2N4O3. The Hall–Kier alpha value is -2.91. The number of halogens is 2. The SMILES string of the molecule is COc1cc(CNC(=O)NC(CN(C)C2CCN(C)CC2)c2ccccc2)ccc1OC(F)F. The number of amides is 2. The molecule has 1 fully saturated rings. The summed E-state index contributed by atoms with van der Waals surface area (Å²) in [5.74, 6) is 0.133. The number of piperidine rings is 1. The first-order valence-corrected chi connectivity index (χ1v) is 11.5. The monoisotopic (exact) mass is 476 g/mol. The van der Waals surface area contributed by atoms with Crippen LogP contribution >= 0.6 is 0 Å². The van der Waals surface area contributed by atoms with Crippen LogP contribution in [0.4, 0.5) is 13.6 Å². The van der Waals surface area contributed by atoms with E-state index in [2.05, 4.69) is 39.3 Å². The normalized spacial score (nSPS) is 15.9. The summed E-state index contributed by atoms with van der Waals surface area (Å²) >= 11 is 0. The van der Waals surface area contributed by atoms with Crippen molar-refractivity contribution in [2.45, 2.75) is 38.1 Å². The minimum absolute atomic E-state index is 0.0493. The summed E-state index contributed by atoms with van der Waals surface area (Å²) in [5.41, 5.74) is 1.74. The lowest BCUT2D eigenvalue weighted by Gasteiger charge is -2.37. The van der Waals surface area contributed by atoms with Crippen LogP contribution < -0.4 is 20.1 Å². The summed E-state index contributed by atoms with van der Waals surface area (Å²) in [7, 11) is 5.63. The van der Waals surface area contributed by atoms with Gasteiger partial charge < -0.3 is 29.9 Å². The van der Waals surface area contributed by atoms with Gasteiger partial charge in [0.25, 0.3) is 0 Å². The molecule has 9 heteroatoms. The van der Waals surface area contributed by atoms with E-state index >= 15 is 0 Å². The van der Waals surface area contributed by atoms with Gasteiger partial charge in [-0.15, -0.1) is 0 Å². The van der Waals surface area contributed by atoms with Gasteiger partial charge in [0.15, 0.2) is 11.5 Å². The van der Waals surface area contributed by atoms with Crippen LogP contribution in [0.5, 0.6) is 11.5 Å². The third-order valence-electron chi connectivity index (χ3n) is 6.19. The Bertz CT molecular complexity index is 908. The molecule has 1 heterocycles. The summed E-state index contributed by atoms with van der Waals surface area (Å²) in [6.07, 6.45) is 2.21. The molecule has 0 radical (unpaired) electrons. The number of rotatable bonds is 10. The van der Waals surface area contributed by atoms with E-state index in [1.807, 2.05) is 30.3 Å². The van der Waals surface area contributed by atoms with Gasteiger partial charge in [0.2, 0.25) is 0 Å². The Morgan fingerprint density at radius 1 is 1.15 bits per heavy atom. The molecule has 2 aromatic rings. The highest BCUT2D eigenvalue weighted by molar-refractivity contribution is 5.74. The lowest BCUT2D eigenvalue weighted by molar-refractivity contribution is -0.0512. The van der Waals surface area contributed by atoms with E-state index in [0.29, 0.717) is 18.2 Å². The fourth-order valence-electron chi connectivity index (χ4n) is 4.20. The molecule has 34 heavy (non-hydrogen) atoms. The van der Waals surface area contributed by atoms with E-state index < -0.39 is 6.61 Å². The summed E-state index contributed by atoms with van der Waals surface area (Å²) in [5, 5.41) is 5.94. The Balaban J connectivity index is 1.61. The molecule has 186 valence electrons. The van der Waals surface area contributed by atoms with Crippen molar-refractivity contribution in [1.82, 2.24) is 20.4 Å². The van der Waals surface area contributed by atoms with Crippen molar-refractivity contribution in [1.29, 1.82) is 0 Å². The minimum Gasteiger partial charge on any atom is -0.493 e. The first kappa shape index (κ1) is 25.7. The van der Waals surface area contributed by atoms with Crippen LogP contribution in [0.2, 0.25) is 0 Å². The van der Waals surface area contributed by atoms with Gasteiger partial charge in [0.05, 0.1) is 13.2 Å². The number of likely N-dealkylation sites (N-methyl/N-ethyl adjacent to an activating group) is 1. The van der Waals surface area contributed by atoms with Gasteiger partial charge in [0.1, 0.15) is 0 Å². The first-order valence-electron chi connectivity index (χ1n) is 11.5. The highest BCUT2D eigenvalue weighted by Gasteiger charge is 2.24. The van der Waals surface area contributed by atoms with Gasteiger partial charge in [-0.05, 0) is 63.3 Å². The standard InChI is InChI=1S/C25H34F2N4O3/c1-30-13-11-20(12-14-30)31(2)17-21(19-7-5-4-6-8-19)29-25(32)28-16-18-9-10-22(34-24(26)27)23(15-18)33-3/h4-10,15,20-21,24H,11-14,16-17H2,1-3H3,(H2,28,29,32). The second-order valence-corrected chi connectivity index (χ2v) is 8.63. The Kier molecular flexibility index (Phi) is 9.47. The first-order chi connectivity index (χ1) is 16.4. The highest BCUT2D eigenvalue weighted by atomic mass is 19.3. The van der Waals surface area contributed by atoms with Crippen LogP contribution in [0.25, 0.3) is 0 Å². The lowest BCUT2D eigenvalue weighted by atomic mass is 10.0. The van der Waals surface area contributed by atoms with Crippen molar-refractivity contribution in [2.24, 2.45) is 0 Å². The quantitative estimate of drug-likeness (QED) is 0.545. The topological polar surface area (TPSA) is 66.1 Å². The molecule has 0 aliphatic carbocycles. The number of nitrogens with zero attached hydrogens (tertiary/aromatic N) is 2. The number of benzene rings is 2. The average Bonchev–Trinajstić information content (AvgIpc) is 2.83. The van der Waals surface area contributed by atoms with Crippen molar-refractivity contribution in [3.05, 3.63) is 59.7 Å². The molecule has 2 aromatic carbocycles. The van der Waals surface area contributed by atoms with Crippen LogP contribution in [-0.4, -0.2) is 69.3 Å². The van der Waals surface area contributed by atoms with Crippen molar-refractivity contribution in [3.8, 4) is 11.5 Å². The summed E-state index contributed by atoms with van der Waals surface area (Å²) < 4.78 is 34.6. The van der Waals surface area contributed by atoms with Crippen molar-refractivity contribution in [2.75, 3.05) is 40.8 Å². The predicted molar refractivity (Wildman–Crippen MR) is 127 cm³/mol. The fraction of sp³-hybridized carbons (Fsp3) is 0.480. The zero-order valence-corrected chi connectivity index (χ0v) is 20.0. The number of hydrogen-bond acceptors (Lipinski definition) is 5. The Labute approximate surface area is 200 Å². The van der Waals surface area contributed by atoms with E-state index in [0.717, 1.165) is 31.5 Å². The van der Waals surface area contributed by atoms with E-state index in [-0.39, 0.29) is 30.1 Å². The molecule has 0 aromatic heterocycles. The van der Waals surface area contributed by atoms with Crippen LogP contribution in [0.3, 0.4) is 0 Å². The Morgan fingerprint density at radius 2 is 1.85 bits per heavy atom. The molecule has 1 atom stereocenters. The van der Waals surface area contributed by atoms with Crippen LogP contribution in [0.15, 0.2) is 48.5 Å². The zero-order valence-electron chi connectivity index (χ0n) is 20.0. The van der Waals surface area contributed by atoms with E-state index in [4.69, 9.17) is 4.74 Å². The lowest BCUT2D eigenvalue weighted by Crippen LogP contribution is -2.47. The maximum Gasteiger partial charge on any atom is 0.387 e. The van der Waals surface area contributed by atoms with Gasteiger partial charge >= 0.3 is 12.6 Å². The number of alkyl halides is 2. The maximum atomic E-state index is 12.8. The van der Waals surface area contributed by atoms with Crippen molar-refractivity contribution < 1.29 is 23.0 Å². The molecule has 1 aliphatic heterocycles. The van der Waals surface area contributed by atoms with Gasteiger partial charge in [0, 0.05) is 19.1 Å². The number of likely N-dealkylation sites (tertiary alicyclic amines) is 1. The van der Waals surface area contributed by atoms with Crippen molar-refractivity contribution in [3.63, 3.8) is 0 Å². The second-order valence-electron chi connectivity index (χ2n) is 8.63. The third kappa shape index (κ3) is 7.56. The summed E-state index contributed by atoms with van der Waals surface area (Å²) in [6.45, 7) is 0.113. The molecule has 1 saturated heterocycles. The third-order valence-corrected chi connectivity index (χ3v) is 6.19. The number of carbonyl (C=O) groups is 1. The second kappa shape index (κ2) is 12.5. The summed E-state index contributed by atoms with van der Waals surface area (Å²) in [4.78, 5) is 17.4. The molecule has 0 spiro atoms. The number of ether oxygens (including phenoxy) is 2. The molecular weight excluding hydrogens is 442 g/mol. The minimum atomic E-state index is -2.94. The van der Waals surface area contributed by atoms with Gasteiger partial charge in [-0.2, -0.15) is 8.78 Å². The summed E-state index contributed by atoms with van der Waals surface area (Å²) in [6, 6.07) is 14.5. The molecule has 0 saturated carbocycles. The molecule has 0 bridgehead atoms. The zero-order chi connectivity index (χ0) is 24.5. The van der Waals surface area contributed by atoms with Gasteiger partial charge in [-0.3, -0.25) is 0 Å². The molecule has 1 unspecified atom stereocenters. The molecule has 3 rings (SSSR count). The highest BCUT2D eigenvalue weighted by Crippen LogP contribution is 2.29. The number of carbonyl (C=O) groups excluding carboxylic acids is 1. The van der Waals surface area contributed by atoms with Crippen LogP contribution in [-0.2, 0) is 6.54 Å². The molecule has 2 amide bonds. The average molecular weight is 477 g/mol. The van der Waals surface area contributed by atoms with E-state index in [1.54, 1.807) is 12.1 Å². The van der Waals surface area contributed by atoms with Crippen LogP contribution in [0, 0.1) is 0 Å². The van der Waals surface area contributed by atoms with Crippen LogP contribution in [0.1, 0.15) is 30.0 Å². The molecule has 2 N–H and O–H groups in total. The number of methoxy groups -OCH3 is 1. The number of urea groups is 1. The fourth-order valence-corrected chi connectivity index (χ4v) is 4.20. The number of hydrogen-bond donors (Lipinski definition) is 2. The smallest absolute Gasteiger partial charge is 0.387 e. The predicted octanol–water partition coefficient (Wildman–Crippen LogP) is 3.86. The number of nitrogens with one attached hydrogen (secondary N) is 2. The van der Waals surface area contributed by atoms with E-state index in [1.165, 1.54) is 13.2 Å². The molecule has 1 aliphatic rings. The van der Waals surface area contributed by atoms with E-state index in [9.17, 15) is 13.6 Å². The largest absolute Gasteiger partial charge is 0.493 e. The Morgan fingerprint density at radius 3 is 2.50 bits per heavy atom.